The number of ether oxygens (including phenoxy) is 1. The fraction of sp³-hybridized carbons (Fsp3) is 0.364. The van der Waals surface area contributed by atoms with E-state index < -0.39 is 21.6 Å². The van der Waals surface area contributed by atoms with Crippen LogP contribution in [0.2, 0.25) is 0 Å². The highest BCUT2D eigenvalue weighted by Crippen LogP contribution is 2.12. The second kappa shape index (κ2) is 5.12. The molecule has 1 rings (SSSR count). The monoisotopic (exact) mass is 242 g/mol. The molecule has 0 spiro atoms. The standard InChI is InChI=1S/C11H14O4S/c1-3-15-11(12)8-16(13,14)10-6-4-9(2)5-7-10/h4-7H,3,8H2,1-2H3. The molecule has 1 aromatic rings. The van der Waals surface area contributed by atoms with Crippen molar-refractivity contribution in [3.8, 4) is 0 Å². The first-order valence-electron chi connectivity index (χ1n) is 4.91. The van der Waals surface area contributed by atoms with E-state index in [1.165, 1.54) is 12.1 Å². The molecular formula is C11H14O4S. The van der Waals surface area contributed by atoms with Gasteiger partial charge in [0.05, 0.1) is 11.5 Å². The van der Waals surface area contributed by atoms with E-state index in [1.54, 1.807) is 19.1 Å². The third-order valence-electron chi connectivity index (χ3n) is 1.99. The summed E-state index contributed by atoms with van der Waals surface area (Å²) in [5, 5.41) is 0. The van der Waals surface area contributed by atoms with Gasteiger partial charge in [-0.25, -0.2) is 8.42 Å². The molecule has 0 radical (unpaired) electrons. The lowest BCUT2D eigenvalue weighted by Gasteiger charge is -2.04. The molecule has 0 fully saturated rings. The SMILES string of the molecule is CCOC(=O)CS(=O)(=O)c1ccc(C)cc1. The molecule has 0 aliphatic rings. The normalized spacial score (nSPS) is 11.1. The van der Waals surface area contributed by atoms with Crippen LogP contribution in [0.15, 0.2) is 29.2 Å². The van der Waals surface area contributed by atoms with Crippen molar-refractivity contribution < 1.29 is 17.9 Å². The van der Waals surface area contributed by atoms with Crippen LogP contribution < -0.4 is 0 Å². The highest BCUT2D eigenvalue weighted by atomic mass is 32.2. The van der Waals surface area contributed by atoms with E-state index >= 15 is 0 Å². The molecule has 4 nitrogen and oxygen atoms in total. The second-order valence-corrected chi connectivity index (χ2v) is 5.37. The number of hydrogen-bond acceptors (Lipinski definition) is 4. The zero-order valence-corrected chi connectivity index (χ0v) is 10.1. The number of benzene rings is 1. The van der Waals surface area contributed by atoms with Gasteiger partial charge >= 0.3 is 5.97 Å². The summed E-state index contributed by atoms with van der Waals surface area (Å²) in [5.41, 5.74) is 0.968. The quantitative estimate of drug-likeness (QED) is 0.747. The van der Waals surface area contributed by atoms with Gasteiger partial charge in [0.15, 0.2) is 15.6 Å². The molecular weight excluding hydrogens is 228 g/mol. The van der Waals surface area contributed by atoms with Gasteiger partial charge in [-0.2, -0.15) is 0 Å². The Kier molecular flexibility index (Phi) is 4.06. The number of hydrogen-bond donors (Lipinski definition) is 0. The summed E-state index contributed by atoms with van der Waals surface area (Å²) >= 11 is 0. The Morgan fingerprint density at radius 3 is 2.31 bits per heavy atom. The molecule has 88 valence electrons. The van der Waals surface area contributed by atoms with Crippen molar-refractivity contribution in [2.24, 2.45) is 0 Å². The van der Waals surface area contributed by atoms with Crippen molar-refractivity contribution >= 4 is 15.8 Å². The largest absolute Gasteiger partial charge is 0.465 e. The Morgan fingerprint density at radius 1 is 1.25 bits per heavy atom. The van der Waals surface area contributed by atoms with Crippen molar-refractivity contribution in [1.29, 1.82) is 0 Å². The van der Waals surface area contributed by atoms with Crippen molar-refractivity contribution in [3.05, 3.63) is 29.8 Å². The van der Waals surface area contributed by atoms with E-state index in [4.69, 9.17) is 0 Å². The number of esters is 1. The molecule has 1 aromatic carbocycles. The average Bonchev–Trinajstić information content (AvgIpc) is 2.17. The van der Waals surface area contributed by atoms with Crippen LogP contribution in [0, 0.1) is 6.92 Å². The maximum atomic E-state index is 11.7. The van der Waals surface area contributed by atoms with Gasteiger partial charge in [0.1, 0.15) is 0 Å². The summed E-state index contributed by atoms with van der Waals surface area (Å²) in [5.74, 6) is -1.33. The van der Waals surface area contributed by atoms with Crippen molar-refractivity contribution in [2.75, 3.05) is 12.4 Å². The van der Waals surface area contributed by atoms with E-state index in [2.05, 4.69) is 4.74 Å². The van der Waals surface area contributed by atoms with Crippen molar-refractivity contribution in [3.63, 3.8) is 0 Å². The van der Waals surface area contributed by atoms with Crippen LogP contribution in [0.1, 0.15) is 12.5 Å². The van der Waals surface area contributed by atoms with Gasteiger partial charge in [0.25, 0.3) is 0 Å². The Labute approximate surface area is 95.2 Å². The third kappa shape index (κ3) is 3.34. The smallest absolute Gasteiger partial charge is 0.321 e. The molecule has 0 saturated heterocycles. The molecule has 0 saturated carbocycles. The van der Waals surface area contributed by atoms with Gasteiger partial charge in [-0.1, -0.05) is 17.7 Å². The summed E-state index contributed by atoms with van der Waals surface area (Å²) in [6.07, 6.45) is 0. The van der Waals surface area contributed by atoms with E-state index in [-0.39, 0.29) is 11.5 Å². The van der Waals surface area contributed by atoms with Gasteiger partial charge < -0.3 is 4.74 Å². The molecule has 0 unspecified atom stereocenters. The average molecular weight is 242 g/mol. The van der Waals surface area contributed by atoms with Crippen LogP contribution in [-0.4, -0.2) is 26.7 Å². The lowest BCUT2D eigenvalue weighted by molar-refractivity contribution is -0.139. The molecule has 0 aromatic heterocycles. The summed E-state index contributed by atoms with van der Waals surface area (Å²) < 4.78 is 28.1. The Balaban J connectivity index is 2.86. The zero-order valence-electron chi connectivity index (χ0n) is 9.26. The first kappa shape index (κ1) is 12.7. The van der Waals surface area contributed by atoms with Crippen LogP contribution >= 0.6 is 0 Å². The van der Waals surface area contributed by atoms with Gasteiger partial charge in [-0.3, -0.25) is 4.79 Å². The number of rotatable bonds is 4. The predicted octanol–water partition coefficient (Wildman–Crippen LogP) is 1.33. The van der Waals surface area contributed by atoms with Crippen LogP contribution in [0.25, 0.3) is 0 Å². The fourth-order valence-electron chi connectivity index (χ4n) is 1.19. The molecule has 0 aliphatic carbocycles. The molecule has 0 heterocycles. The van der Waals surface area contributed by atoms with Gasteiger partial charge in [0, 0.05) is 0 Å². The van der Waals surface area contributed by atoms with Crippen LogP contribution in [0.4, 0.5) is 0 Å². The maximum Gasteiger partial charge on any atom is 0.321 e. The highest BCUT2D eigenvalue weighted by Gasteiger charge is 2.19. The lowest BCUT2D eigenvalue weighted by Crippen LogP contribution is -2.18. The van der Waals surface area contributed by atoms with E-state index in [9.17, 15) is 13.2 Å². The molecule has 0 bridgehead atoms. The predicted molar refractivity (Wildman–Crippen MR) is 59.9 cm³/mol. The van der Waals surface area contributed by atoms with Gasteiger partial charge in [-0.05, 0) is 26.0 Å². The van der Waals surface area contributed by atoms with Crippen molar-refractivity contribution in [1.82, 2.24) is 0 Å². The van der Waals surface area contributed by atoms with Gasteiger partial charge in [0.2, 0.25) is 0 Å². The molecule has 0 amide bonds. The lowest BCUT2D eigenvalue weighted by atomic mass is 10.2. The van der Waals surface area contributed by atoms with E-state index in [0.717, 1.165) is 5.56 Å². The van der Waals surface area contributed by atoms with Crippen LogP contribution in [0.3, 0.4) is 0 Å². The highest BCUT2D eigenvalue weighted by molar-refractivity contribution is 7.92. The first-order valence-corrected chi connectivity index (χ1v) is 6.56. The number of carbonyl (C=O) groups is 1. The molecule has 5 heteroatoms. The van der Waals surface area contributed by atoms with Crippen LogP contribution in [-0.2, 0) is 19.4 Å². The molecule has 0 atom stereocenters. The molecule has 0 N–H and O–H groups in total. The third-order valence-corrected chi connectivity index (χ3v) is 3.60. The fourth-order valence-corrected chi connectivity index (χ4v) is 2.30. The summed E-state index contributed by atoms with van der Waals surface area (Å²) in [6.45, 7) is 3.68. The Hall–Kier alpha value is -1.36. The summed E-state index contributed by atoms with van der Waals surface area (Å²) in [6, 6.07) is 6.36. The minimum atomic E-state index is -3.57. The van der Waals surface area contributed by atoms with E-state index in [1.807, 2.05) is 6.92 Å². The minimum Gasteiger partial charge on any atom is -0.465 e. The minimum absolute atomic E-state index is 0.145. The second-order valence-electron chi connectivity index (χ2n) is 3.38. The van der Waals surface area contributed by atoms with Gasteiger partial charge in [-0.15, -0.1) is 0 Å². The maximum absolute atomic E-state index is 11.7. The zero-order chi connectivity index (χ0) is 12.2. The topological polar surface area (TPSA) is 60.4 Å². The Morgan fingerprint density at radius 2 is 1.81 bits per heavy atom. The van der Waals surface area contributed by atoms with E-state index in [0.29, 0.717) is 0 Å². The number of carbonyl (C=O) groups excluding carboxylic acids is 1. The molecule has 16 heavy (non-hydrogen) atoms. The number of aryl methyl sites for hydroxylation is 1. The van der Waals surface area contributed by atoms with Crippen LogP contribution in [0.5, 0.6) is 0 Å². The van der Waals surface area contributed by atoms with Crippen molar-refractivity contribution in [2.45, 2.75) is 18.7 Å². The summed E-state index contributed by atoms with van der Waals surface area (Å²) in [4.78, 5) is 11.2. The molecule has 0 aliphatic heterocycles. The Bertz CT molecular complexity index is 459. The number of sulfone groups is 1. The summed E-state index contributed by atoms with van der Waals surface area (Å²) in [7, 11) is -3.57. The first-order chi connectivity index (χ1) is 7.45.